The highest BCUT2D eigenvalue weighted by Crippen LogP contribution is 2.56. The fourth-order valence-corrected chi connectivity index (χ4v) is 10.4. The highest BCUT2D eigenvalue weighted by molar-refractivity contribution is 7.95. The first-order valence-corrected chi connectivity index (χ1v) is 18.3. The smallest absolute Gasteiger partial charge is 0.341 e. The van der Waals surface area contributed by atoms with Crippen LogP contribution in [0.4, 0.5) is 0 Å². The maximum atomic E-state index is 12.1. The molecular weight excluding hydrogens is 643 g/mol. The number of phenols is 2. The van der Waals surface area contributed by atoms with E-state index in [-0.39, 0.29) is 34.0 Å². The molecule has 6 heteroatoms. The third-order valence-corrected chi connectivity index (χ3v) is 12.9. The van der Waals surface area contributed by atoms with E-state index in [1.54, 1.807) is 0 Å². The standard InChI is InChI=1S/C39H47O4P.BrH/c40-33-28-29-37(38(41)32-33)39(42)43-30-20-9-7-5-3-1-2-4-6-8-10-21-31-44(34-22-14-11-15-23-34,35-24-16-12-17-25-35)36-26-18-13-19-27-36;/h11-19,22-29,32H,1-10,20-21,30-31H2,(H-,40,41,42);1H. The van der Waals surface area contributed by atoms with Crippen molar-refractivity contribution in [3.8, 4) is 11.5 Å². The van der Waals surface area contributed by atoms with Crippen molar-refractivity contribution in [3.63, 3.8) is 0 Å². The van der Waals surface area contributed by atoms with Crippen molar-refractivity contribution in [2.75, 3.05) is 12.8 Å². The molecule has 0 fully saturated rings. The predicted octanol–water partition coefficient (Wildman–Crippen LogP) is 5.93. The Morgan fingerprint density at radius 2 is 0.933 bits per heavy atom. The van der Waals surface area contributed by atoms with Gasteiger partial charge in [0.15, 0.2) is 0 Å². The Kier molecular flexibility index (Phi) is 16.2. The summed E-state index contributed by atoms with van der Waals surface area (Å²) in [6.07, 6.45) is 15.8. The topological polar surface area (TPSA) is 66.8 Å². The highest BCUT2D eigenvalue weighted by Gasteiger charge is 2.44. The van der Waals surface area contributed by atoms with Gasteiger partial charge in [-0.05, 0) is 67.8 Å². The highest BCUT2D eigenvalue weighted by atomic mass is 79.9. The number of unbranched alkanes of at least 4 members (excludes halogenated alkanes) is 11. The number of rotatable bonds is 19. The largest absolute Gasteiger partial charge is 1.00 e. The second-order valence-corrected chi connectivity index (χ2v) is 15.2. The number of aromatic hydroxyl groups is 2. The summed E-state index contributed by atoms with van der Waals surface area (Å²) in [5.74, 6) is -0.886. The van der Waals surface area contributed by atoms with Crippen molar-refractivity contribution < 1.29 is 36.7 Å². The number of hydrogen-bond acceptors (Lipinski definition) is 4. The number of phenolic OH excluding ortho intramolecular Hbond substituents is 2. The number of esters is 1. The SMILES string of the molecule is O=C(OCCCCCCCCCCCCCC[P+](c1ccccc1)(c1ccccc1)c1ccccc1)c1ccc(O)cc1O.[Br-]. The van der Waals surface area contributed by atoms with Gasteiger partial charge >= 0.3 is 5.97 Å². The van der Waals surface area contributed by atoms with E-state index in [4.69, 9.17) is 4.74 Å². The fourth-order valence-electron chi connectivity index (χ4n) is 6.04. The molecule has 0 bridgehead atoms. The van der Waals surface area contributed by atoms with Crippen molar-refractivity contribution in [1.82, 2.24) is 0 Å². The van der Waals surface area contributed by atoms with Gasteiger partial charge in [-0.25, -0.2) is 4.79 Å². The number of ether oxygens (including phenoxy) is 1. The molecule has 45 heavy (non-hydrogen) atoms. The Morgan fingerprint density at radius 3 is 1.36 bits per heavy atom. The van der Waals surface area contributed by atoms with Crippen molar-refractivity contribution in [3.05, 3.63) is 115 Å². The molecule has 0 aliphatic rings. The van der Waals surface area contributed by atoms with Crippen LogP contribution in [0.25, 0.3) is 0 Å². The summed E-state index contributed by atoms with van der Waals surface area (Å²) in [4.78, 5) is 12.1. The number of benzene rings is 4. The molecule has 240 valence electrons. The molecule has 0 unspecified atom stereocenters. The van der Waals surface area contributed by atoms with Crippen LogP contribution in [0.3, 0.4) is 0 Å². The lowest BCUT2D eigenvalue weighted by Gasteiger charge is -2.27. The van der Waals surface area contributed by atoms with Gasteiger partial charge < -0.3 is 31.9 Å². The molecule has 0 radical (unpaired) electrons. The summed E-state index contributed by atoms with van der Waals surface area (Å²) in [7, 11) is -1.70. The zero-order valence-corrected chi connectivity index (χ0v) is 28.8. The summed E-state index contributed by atoms with van der Waals surface area (Å²) in [5, 5.41) is 23.5. The molecule has 0 heterocycles. The Labute approximate surface area is 281 Å². The van der Waals surface area contributed by atoms with Gasteiger partial charge in [-0.1, -0.05) is 112 Å². The van der Waals surface area contributed by atoms with Crippen LogP contribution >= 0.6 is 7.26 Å². The van der Waals surface area contributed by atoms with E-state index in [0.29, 0.717) is 6.61 Å². The second-order valence-electron chi connectivity index (χ2n) is 11.6. The molecule has 0 saturated heterocycles. The van der Waals surface area contributed by atoms with E-state index in [2.05, 4.69) is 91.0 Å². The van der Waals surface area contributed by atoms with Gasteiger partial charge in [0, 0.05) is 6.07 Å². The van der Waals surface area contributed by atoms with Gasteiger partial charge in [0.05, 0.1) is 12.8 Å². The number of halogens is 1. The minimum atomic E-state index is -1.70. The number of hydrogen-bond donors (Lipinski definition) is 2. The Balaban J connectivity index is 0.00000552. The second kappa shape index (κ2) is 20.1. The molecule has 4 aromatic carbocycles. The molecule has 4 nitrogen and oxygen atoms in total. The summed E-state index contributed by atoms with van der Waals surface area (Å²) >= 11 is 0. The van der Waals surface area contributed by atoms with E-state index in [1.807, 2.05) is 0 Å². The fraction of sp³-hybridized carbons (Fsp3) is 0.359. The van der Waals surface area contributed by atoms with E-state index in [0.717, 1.165) is 25.3 Å². The van der Waals surface area contributed by atoms with Crippen LogP contribution in [0.5, 0.6) is 11.5 Å². The van der Waals surface area contributed by atoms with Crippen LogP contribution in [0.1, 0.15) is 87.4 Å². The molecule has 0 amide bonds. The Hall–Kier alpha value is -3.14. The average molecular weight is 692 g/mol. The lowest BCUT2D eigenvalue weighted by molar-refractivity contribution is -0.0000303. The van der Waals surface area contributed by atoms with E-state index >= 15 is 0 Å². The first-order valence-electron chi connectivity index (χ1n) is 16.4. The molecule has 4 rings (SSSR count). The van der Waals surface area contributed by atoms with Crippen molar-refractivity contribution in [1.29, 1.82) is 0 Å². The Morgan fingerprint density at radius 1 is 0.533 bits per heavy atom. The maximum absolute atomic E-state index is 12.1. The summed E-state index contributed by atoms with van der Waals surface area (Å²) in [6.45, 7) is 0.351. The molecule has 2 N–H and O–H groups in total. The van der Waals surface area contributed by atoms with Gasteiger partial charge in [-0.2, -0.15) is 0 Å². The molecule has 0 saturated carbocycles. The monoisotopic (exact) mass is 690 g/mol. The minimum Gasteiger partial charge on any atom is -1.00 e. The quantitative estimate of drug-likeness (QED) is 0.0727. The van der Waals surface area contributed by atoms with Gasteiger partial charge in [0.1, 0.15) is 40.2 Å². The van der Waals surface area contributed by atoms with Crippen LogP contribution in [-0.2, 0) is 4.74 Å². The zero-order chi connectivity index (χ0) is 30.9. The van der Waals surface area contributed by atoms with Crippen molar-refractivity contribution in [2.24, 2.45) is 0 Å². The molecule has 0 aromatic heterocycles. The van der Waals surface area contributed by atoms with Crippen LogP contribution in [0, 0.1) is 0 Å². The first kappa shape index (κ1) is 36.3. The van der Waals surface area contributed by atoms with E-state index < -0.39 is 13.2 Å². The zero-order valence-electron chi connectivity index (χ0n) is 26.3. The first-order chi connectivity index (χ1) is 21.6. The summed E-state index contributed by atoms with van der Waals surface area (Å²) in [5.41, 5.74) is 0.0870. The predicted molar refractivity (Wildman–Crippen MR) is 185 cm³/mol. The third kappa shape index (κ3) is 11.0. The van der Waals surface area contributed by atoms with Crippen LogP contribution in [-0.4, -0.2) is 29.0 Å². The molecule has 0 aliphatic heterocycles. The van der Waals surface area contributed by atoms with Crippen LogP contribution in [0.15, 0.2) is 109 Å². The maximum Gasteiger partial charge on any atom is 0.341 e. The van der Waals surface area contributed by atoms with Gasteiger partial charge in [-0.15, -0.1) is 0 Å². The van der Waals surface area contributed by atoms with Gasteiger partial charge in [0.25, 0.3) is 0 Å². The summed E-state index contributed by atoms with van der Waals surface area (Å²) in [6, 6.07) is 37.5. The van der Waals surface area contributed by atoms with Crippen LogP contribution in [0.2, 0.25) is 0 Å². The minimum absolute atomic E-state index is 0. The van der Waals surface area contributed by atoms with Gasteiger partial charge in [-0.3, -0.25) is 0 Å². The molecule has 0 atom stereocenters. The third-order valence-electron chi connectivity index (χ3n) is 8.41. The summed E-state index contributed by atoms with van der Waals surface area (Å²) < 4.78 is 5.26. The number of carbonyl (C=O) groups excluding carboxylic acids is 1. The van der Waals surface area contributed by atoms with Gasteiger partial charge in [0.2, 0.25) is 0 Å². The Bertz CT molecular complexity index is 1290. The van der Waals surface area contributed by atoms with Crippen molar-refractivity contribution >= 4 is 29.1 Å². The lowest BCUT2D eigenvalue weighted by atomic mass is 10.1. The lowest BCUT2D eigenvalue weighted by Crippen LogP contribution is -3.00. The number of carbonyl (C=O) groups is 1. The molecule has 4 aromatic rings. The van der Waals surface area contributed by atoms with E-state index in [9.17, 15) is 15.0 Å². The normalized spacial score (nSPS) is 11.1. The molecule has 0 spiro atoms. The molecule has 0 aliphatic carbocycles. The average Bonchev–Trinajstić information content (AvgIpc) is 3.06. The van der Waals surface area contributed by atoms with Crippen LogP contribution < -0.4 is 32.9 Å². The molecular formula is C39H48BrO4P. The van der Waals surface area contributed by atoms with Crippen molar-refractivity contribution in [2.45, 2.75) is 77.0 Å². The van der Waals surface area contributed by atoms with E-state index in [1.165, 1.54) is 92.0 Å².